The van der Waals surface area contributed by atoms with Gasteiger partial charge in [0, 0.05) is 28.4 Å². The van der Waals surface area contributed by atoms with Crippen LogP contribution >= 0.6 is 22.9 Å². The van der Waals surface area contributed by atoms with Gasteiger partial charge in [-0.25, -0.2) is 23.5 Å². The van der Waals surface area contributed by atoms with E-state index in [1.165, 1.54) is 17.7 Å². The van der Waals surface area contributed by atoms with Crippen LogP contribution in [-0.4, -0.2) is 62.9 Å². The van der Waals surface area contributed by atoms with Crippen LogP contribution in [0.25, 0.3) is 21.5 Å². The van der Waals surface area contributed by atoms with E-state index in [0.717, 1.165) is 62.6 Å². The monoisotopic (exact) mass is 576 g/mol. The molecule has 1 atom stereocenters. The molecule has 0 spiro atoms. The molecule has 3 aromatic rings. The highest BCUT2D eigenvalue weighted by Crippen LogP contribution is 2.39. The molecule has 3 amide bonds. The van der Waals surface area contributed by atoms with E-state index in [1.54, 1.807) is 0 Å². The van der Waals surface area contributed by atoms with Gasteiger partial charge in [0.15, 0.2) is 0 Å². The highest BCUT2D eigenvalue weighted by Gasteiger charge is 2.34. The number of rotatable bonds is 7. The maximum absolute atomic E-state index is 12.9. The number of aromatic nitrogens is 2. The Balaban J connectivity index is 1.48. The number of hydrogen-bond donors (Lipinski definition) is 0. The summed E-state index contributed by atoms with van der Waals surface area (Å²) in [7, 11) is 0. The number of carbonyl (C=O) groups excluding carboxylic acids is 2. The van der Waals surface area contributed by atoms with Crippen LogP contribution in [0.2, 0.25) is 5.02 Å². The zero-order chi connectivity index (χ0) is 27.9. The summed E-state index contributed by atoms with van der Waals surface area (Å²) in [6.45, 7) is 5.59. The minimum absolute atomic E-state index is 0.000663. The molecule has 0 radical (unpaired) electrons. The van der Waals surface area contributed by atoms with Crippen molar-refractivity contribution in [1.82, 2.24) is 19.8 Å². The fourth-order valence-electron chi connectivity index (χ4n) is 5.51. The third kappa shape index (κ3) is 6.07. The van der Waals surface area contributed by atoms with Crippen molar-refractivity contribution < 1.29 is 23.1 Å². The van der Waals surface area contributed by atoms with Gasteiger partial charge >= 0.3 is 6.03 Å². The second-order valence-electron chi connectivity index (χ2n) is 10.8. The molecule has 2 aromatic heterocycles. The Morgan fingerprint density at radius 2 is 2.03 bits per heavy atom. The minimum Gasteiger partial charge on any atom is -0.372 e. The SMILES string of the molecule is Cc1cc(Cl)cc(-c2ncnc3cc(CN4C(=O)CCN(CC(F)F)C4=O)sc23)c1C[C@@H]1CCCC(C)(C)O1. The van der Waals surface area contributed by atoms with Crippen LogP contribution in [0.3, 0.4) is 0 Å². The van der Waals surface area contributed by atoms with Crippen molar-refractivity contribution in [3.8, 4) is 11.3 Å². The lowest BCUT2D eigenvalue weighted by Gasteiger charge is -2.36. The molecule has 0 unspecified atom stereocenters. The topological polar surface area (TPSA) is 75.6 Å². The van der Waals surface area contributed by atoms with E-state index in [4.69, 9.17) is 16.3 Å². The number of benzene rings is 1. The first kappa shape index (κ1) is 27.9. The van der Waals surface area contributed by atoms with Crippen molar-refractivity contribution in [2.24, 2.45) is 0 Å². The van der Waals surface area contributed by atoms with Crippen LogP contribution in [0.4, 0.5) is 13.6 Å². The summed E-state index contributed by atoms with van der Waals surface area (Å²) in [6, 6.07) is 4.99. The molecule has 7 nitrogen and oxygen atoms in total. The zero-order valence-corrected chi connectivity index (χ0v) is 23.7. The molecule has 2 aliphatic rings. The Labute approximate surface area is 235 Å². The molecule has 2 fully saturated rings. The lowest BCUT2D eigenvalue weighted by Crippen LogP contribution is -2.52. The van der Waals surface area contributed by atoms with Crippen molar-refractivity contribution >= 4 is 45.1 Å². The van der Waals surface area contributed by atoms with Crippen LogP contribution in [0, 0.1) is 6.92 Å². The summed E-state index contributed by atoms with van der Waals surface area (Å²) in [6.07, 6.45) is 2.77. The summed E-state index contributed by atoms with van der Waals surface area (Å²) >= 11 is 7.90. The predicted octanol–water partition coefficient (Wildman–Crippen LogP) is 6.63. The summed E-state index contributed by atoms with van der Waals surface area (Å²) < 4.78 is 33.1. The van der Waals surface area contributed by atoms with Gasteiger partial charge in [-0.1, -0.05) is 11.6 Å². The van der Waals surface area contributed by atoms with Gasteiger partial charge in [0.2, 0.25) is 5.91 Å². The molecule has 1 aromatic carbocycles. The number of imide groups is 1. The average Bonchev–Trinajstić information content (AvgIpc) is 3.27. The number of aryl methyl sites for hydroxylation is 1. The van der Waals surface area contributed by atoms with Crippen LogP contribution in [-0.2, 0) is 22.5 Å². The number of hydrogen-bond acceptors (Lipinski definition) is 6. The lowest BCUT2D eigenvalue weighted by atomic mass is 9.89. The van der Waals surface area contributed by atoms with Crippen LogP contribution < -0.4 is 0 Å². The molecule has 0 aliphatic carbocycles. The molecule has 5 rings (SSSR count). The van der Waals surface area contributed by atoms with Gasteiger partial charge in [-0.3, -0.25) is 9.69 Å². The van der Waals surface area contributed by atoms with E-state index >= 15 is 0 Å². The standard InChI is InChI=1S/C28H31ClF2N4O3S/c1-16-9-17(29)10-21(20(16)11-18-5-4-7-28(2,3)38-18)25-26-22(32-15-33-25)12-19(39-26)13-35-24(36)6-8-34(27(35)37)14-23(30)31/h9-10,12,15,18,23H,4-8,11,13-14H2,1-3H3/t18-/m0/s1. The first-order valence-electron chi connectivity index (χ1n) is 13.1. The normalized spacial score (nSPS) is 19.9. The van der Waals surface area contributed by atoms with Crippen LogP contribution in [0.1, 0.15) is 55.5 Å². The zero-order valence-electron chi connectivity index (χ0n) is 22.2. The van der Waals surface area contributed by atoms with Crippen LogP contribution in [0.15, 0.2) is 24.5 Å². The highest BCUT2D eigenvalue weighted by molar-refractivity contribution is 7.19. The van der Waals surface area contributed by atoms with Crippen molar-refractivity contribution in [2.45, 2.75) is 77.6 Å². The Morgan fingerprint density at radius 3 is 2.77 bits per heavy atom. The Kier molecular flexibility index (Phi) is 7.90. The second-order valence-corrected chi connectivity index (χ2v) is 12.4. The molecule has 4 heterocycles. The molecule has 0 bridgehead atoms. The molecule has 39 heavy (non-hydrogen) atoms. The van der Waals surface area contributed by atoms with Gasteiger partial charge in [-0.15, -0.1) is 11.3 Å². The molecular formula is C28H31ClF2N4O3S. The van der Waals surface area contributed by atoms with Crippen molar-refractivity contribution in [3.63, 3.8) is 0 Å². The van der Waals surface area contributed by atoms with Gasteiger partial charge in [-0.2, -0.15) is 0 Å². The number of ether oxygens (including phenoxy) is 1. The number of alkyl halides is 2. The van der Waals surface area contributed by atoms with Crippen molar-refractivity contribution in [2.75, 3.05) is 13.1 Å². The van der Waals surface area contributed by atoms with Gasteiger partial charge in [0.1, 0.15) is 6.33 Å². The van der Waals surface area contributed by atoms with E-state index in [-0.39, 0.29) is 37.1 Å². The smallest absolute Gasteiger partial charge is 0.327 e. The maximum Gasteiger partial charge on any atom is 0.327 e. The third-order valence-corrected chi connectivity index (χ3v) is 8.68. The first-order valence-corrected chi connectivity index (χ1v) is 14.3. The van der Waals surface area contributed by atoms with E-state index in [9.17, 15) is 18.4 Å². The van der Waals surface area contributed by atoms with Gasteiger partial charge in [0.05, 0.1) is 40.7 Å². The van der Waals surface area contributed by atoms with Crippen molar-refractivity contribution in [1.29, 1.82) is 0 Å². The second kappa shape index (κ2) is 11.1. The fraction of sp³-hybridized carbons (Fsp3) is 0.500. The molecular weight excluding hydrogens is 546 g/mol. The van der Waals surface area contributed by atoms with Crippen LogP contribution in [0.5, 0.6) is 0 Å². The number of fused-ring (bicyclic) bond motifs is 1. The largest absolute Gasteiger partial charge is 0.372 e. The molecule has 208 valence electrons. The first-order chi connectivity index (χ1) is 18.5. The quantitative estimate of drug-likeness (QED) is 0.315. The number of thiophene rings is 1. The Bertz CT molecular complexity index is 1410. The van der Waals surface area contributed by atoms with Gasteiger partial charge < -0.3 is 9.64 Å². The summed E-state index contributed by atoms with van der Waals surface area (Å²) in [5, 5.41) is 0.600. The summed E-state index contributed by atoms with van der Waals surface area (Å²) in [5.41, 5.74) is 4.31. The third-order valence-electron chi connectivity index (χ3n) is 7.35. The summed E-state index contributed by atoms with van der Waals surface area (Å²) in [5.74, 6) is -0.377. The molecule has 0 saturated carbocycles. The van der Waals surface area contributed by atoms with Gasteiger partial charge in [-0.05, 0) is 75.8 Å². The number of urea groups is 1. The fourth-order valence-corrected chi connectivity index (χ4v) is 6.89. The average molecular weight is 577 g/mol. The highest BCUT2D eigenvalue weighted by atomic mass is 35.5. The number of amides is 3. The predicted molar refractivity (Wildman–Crippen MR) is 147 cm³/mol. The molecule has 2 aliphatic heterocycles. The number of nitrogens with zero attached hydrogens (tertiary/aromatic N) is 4. The summed E-state index contributed by atoms with van der Waals surface area (Å²) in [4.78, 5) is 37.2. The molecule has 0 N–H and O–H groups in total. The van der Waals surface area contributed by atoms with Crippen molar-refractivity contribution in [3.05, 3.63) is 45.6 Å². The number of carbonyl (C=O) groups is 2. The minimum atomic E-state index is -2.66. The maximum atomic E-state index is 12.9. The number of halogens is 3. The van der Waals surface area contributed by atoms with E-state index in [0.29, 0.717) is 15.4 Å². The van der Waals surface area contributed by atoms with E-state index < -0.39 is 19.0 Å². The lowest BCUT2D eigenvalue weighted by molar-refractivity contribution is -0.131. The molecule has 11 heteroatoms. The molecule has 2 saturated heterocycles. The Morgan fingerprint density at radius 1 is 1.23 bits per heavy atom. The van der Waals surface area contributed by atoms with E-state index in [1.807, 2.05) is 25.1 Å². The van der Waals surface area contributed by atoms with Gasteiger partial charge in [0.25, 0.3) is 6.43 Å². The van der Waals surface area contributed by atoms with E-state index in [2.05, 4.69) is 23.8 Å². The Hall–Kier alpha value is -2.69.